The largest absolute Gasteiger partial charge is 0.483 e. The highest BCUT2D eigenvalue weighted by atomic mass is 32.2. The predicted molar refractivity (Wildman–Crippen MR) is 115 cm³/mol. The zero-order valence-corrected chi connectivity index (χ0v) is 18.3. The SMILES string of the molecule is CS(=O)(=O)NC[C@H]1[C@H]2C[C@H](CN(c3ncnc(N)c3C#N)C2)[C@@H]2CCCCN21.O=CO. The molecule has 4 atom stereocenters. The lowest BCUT2D eigenvalue weighted by atomic mass is 9.72. The van der Waals surface area contributed by atoms with E-state index in [9.17, 15) is 13.7 Å². The van der Waals surface area contributed by atoms with Gasteiger partial charge in [-0.15, -0.1) is 0 Å². The van der Waals surface area contributed by atoms with Crippen molar-refractivity contribution in [3.05, 3.63) is 11.9 Å². The van der Waals surface area contributed by atoms with Crippen LogP contribution in [0.2, 0.25) is 0 Å². The van der Waals surface area contributed by atoms with E-state index < -0.39 is 10.0 Å². The number of nitrogens with one attached hydrogen (secondary N) is 1. The third-order valence-electron chi connectivity index (χ3n) is 6.44. The third-order valence-corrected chi connectivity index (χ3v) is 7.14. The average Bonchev–Trinajstić information content (AvgIpc) is 2.73. The molecule has 0 radical (unpaired) electrons. The number of nitriles is 1. The number of carbonyl (C=O) groups is 1. The number of hydrogen-bond acceptors (Lipinski definition) is 9. The molecular formula is C19H29N7O4S. The van der Waals surface area contributed by atoms with E-state index in [4.69, 9.17) is 15.6 Å². The van der Waals surface area contributed by atoms with E-state index in [-0.39, 0.29) is 18.3 Å². The van der Waals surface area contributed by atoms with Gasteiger partial charge in [0.1, 0.15) is 23.8 Å². The molecule has 2 bridgehead atoms. The van der Waals surface area contributed by atoms with E-state index in [2.05, 4.69) is 30.6 Å². The van der Waals surface area contributed by atoms with Gasteiger partial charge in [-0.25, -0.2) is 23.1 Å². The van der Waals surface area contributed by atoms with Gasteiger partial charge in [0.25, 0.3) is 6.47 Å². The van der Waals surface area contributed by atoms with Gasteiger partial charge < -0.3 is 15.7 Å². The van der Waals surface area contributed by atoms with E-state index >= 15 is 0 Å². The number of carboxylic acid groups (broad SMARTS) is 1. The zero-order valence-electron chi connectivity index (χ0n) is 17.5. The van der Waals surface area contributed by atoms with Crippen molar-refractivity contribution in [2.75, 3.05) is 43.1 Å². The summed E-state index contributed by atoms with van der Waals surface area (Å²) in [5, 5.41) is 16.4. The van der Waals surface area contributed by atoms with Gasteiger partial charge >= 0.3 is 0 Å². The van der Waals surface area contributed by atoms with Crippen LogP contribution in [0.4, 0.5) is 11.6 Å². The fraction of sp³-hybridized carbons (Fsp3) is 0.684. The lowest BCUT2D eigenvalue weighted by Gasteiger charge is -2.57. The van der Waals surface area contributed by atoms with Crippen LogP contribution in [0.1, 0.15) is 31.2 Å². The number of hydrogen-bond donors (Lipinski definition) is 3. The number of sulfonamides is 1. The van der Waals surface area contributed by atoms with E-state index in [1.165, 1.54) is 19.0 Å². The first-order valence-corrected chi connectivity index (χ1v) is 12.2. The van der Waals surface area contributed by atoms with Gasteiger partial charge in [0, 0.05) is 31.7 Å². The second-order valence-corrected chi connectivity index (χ2v) is 10.2. The van der Waals surface area contributed by atoms with Crippen LogP contribution in [0.25, 0.3) is 0 Å². The fourth-order valence-electron chi connectivity index (χ4n) is 5.33. The average molecular weight is 452 g/mol. The number of anilines is 2. The van der Waals surface area contributed by atoms with E-state index in [0.29, 0.717) is 35.8 Å². The Morgan fingerprint density at radius 1 is 1.35 bits per heavy atom. The molecule has 1 aromatic heterocycles. The molecule has 3 aliphatic rings. The van der Waals surface area contributed by atoms with Crippen LogP contribution in [-0.2, 0) is 14.8 Å². The molecule has 0 spiro atoms. The Bertz CT molecular complexity index is 936. The normalized spacial score (nSPS) is 27.9. The lowest BCUT2D eigenvalue weighted by molar-refractivity contribution is -0.122. The summed E-state index contributed by atoms with van der Waals surface area (Å²) in [4.78, 5) is 21.4. The van der Waals surface area contributed by atoms with Crippen LogP contribution in [0, 0.1) is 23.2 Å². The topological polar surface area (TPSA) is 166 Å². The van der Waals surface area contributed by atoms with Crippen LogP contribution in [0.15, 0.2) is 6.33 Å². The Morgan fingerprint density at radius 3 is 2.74 bits per heavy atom. The molecule has 1 aromatic rings. The van der Waals surface area contributed by atoms with Gasteiger partial charge in [-0.05, 0) is 37.6 Å². The molecule has 0 unspecified atom stereocenters. The van der Waals surface area contributed by atoms with Crippen molar-refractivity contribution in [3.63, 3.8) is 0 Å². The molecule has 3 fully saturated rings. The predicted octanol–water partition coefficient (Wildman–Crippen LogP) is -0.140. The Morgan fingerprint density at radius 2 is 2.06 bits per heavy atom. The van der Waals surface area contributed by atoms with Crippen molar-refractivity contribution >= 4 is 28.1 Å². The summed E-state index contributed by atoms with van der Waals surface area (Å²) in [5.41, 5.74) is 6.23. The maximum Gasteiger partial charge on any atom is 0.290 e. The first kappa shape index (κ1) is 23.2. The van der Waals surface area contributed by atoms with Crippen molar-refractivity contribution < 1.29 is 18.3 Å². The van der Waals surface area contributed by atoms with Crippen LogP contribution in [0.3, 0.4) is 0 Å². The smallest absolute Gasteiger partial charge is 0.290 e. The van der Waals surface area contributed by atoms with Crippen LogP contribution in [0.5, 0.6) is 0 Å². The molecule has 0 amide bonds. The van der Waals surface area contributed by atoms with Gasteiger partial charge in [-0.1, -0.05) is 6.42 Å². The van der Waals surface area contributed by atoms with Crippen molar-refractivity contribution in [1.29, 1.82) is 5.26 Å². The molecule has 170 valence electrons. The first-order valence-electron chi connectivity index (χ1n) is 10.3. The molecule has 3 saturated heterocycles. The minimum absolute atomic E-state index is 0.156. The van der Waals surface area contributed by atoms with Crippen LogP contribution in [-0.4, -0.2) is 79.4 Å². The van der Waals surface area contributed by atoms with E-state index in [1.807, 2.05) is 0 Å². The zero-order chi connectivity index (χ0) is 22.6. The van der Waals surface area contributed by atoms with Gasteiger partial charge in [-0.2, -0.15) is 5.26 Å². The number of nitrogen functional groups attached to an aromatic ring is 1. The summed E-state index contributed by atoms with van der Waals surface area (Å²) in [6.07, 6.45) is 7.20. The van der Waals surface area contributed by atoms with Crippen LogP contribution >= 0.6 is 0 Å². The van der Waals surface area contributed by atoms with Gasteiger partial charge in [0.05, 0.1) is 6.26 Å². The monoisotopic (exact) mass is 451 g/mol. The number of nitrogens with zero attached hydrogens (tertiary/aromatic N) is 5. The van der Waals surface area contributed by atoms with E-state index in [1.54, 1.807) is 0 Å². The maximum absolute atomic E-state index is 11.7. The molecule has 3 aliphatic heterocycles. The summed E-state index contributed by atoms with van der Waals surface area (Å²) >= 11 is 0. The fourth-order valence-corrected chi connectivity index (χ4v) is 5.81. The second kappa shape index (κ2) is 9.76. The molecule has 11 nitrogen and oxygen atoms in total. The summed E-state index contributed by atoms with van der Waals surface area (Å²) in [6.45, 7) is 2.78. The first-order chi connectivity index (χ1) is 14.8. The van der Waals surface area contributed by atoms with Crippen molar-refractivity contribution in [2.45, 2.75) is 37.8 Å². The summed E-state index contributed by atoms with van der Waals surface area (Å²) < 4.78 is 26.1. The molecule has 4 heterocycles. The number of fused-ring (bicyclic) bond motifs is 4. The summed E-state index contributed by atoms with van der Waals surface area (Å²) in [6, 6.07) is 2.75. The highest BCUT2D eigenvalue weighted by Crippen LogP contribution is 2.42. The molecule has 31 heavy (non-hydrogen) atoms. The standard InChI is InChI=1S/C18H27N7O2S.CH2O2/c1-28(26,27)23-8-16-13-6-12(15-4-2-3-5-25(15)16)9-24(10-13)18-14(7-19)17(20)21-11-22-18;2-1-3/h11-13,15-16,23H,2-6,8-10H2,1H3,(H2,20,21,22);1H,(H,2,3)/t12-,13+,15+,16+;/m1./s1. The number of nitrogens with two attached hydrogens (primary N) is 1. The summed E-state index contributed by atoms with van der Waals surface area (Å²) in [7, 11) is -3.24. The van der Waals surface area contributed by atoms with Crippen molar-refractivity contribution in [1.82, 2.24) is 19.6 Å². The third kappa shape index (κ3) is 5.23. The highest BCUT2D eigenvalue weighted by Gasteiger charge is 2.47. The maximum atomic E-state index is 11.7. The molecule has 0 saturated carbocycles. The molecule has 4 rings (SSSR count). The number of rotatable bonds is 4. The highest BCUT2D eigenvalue weighted by molar-refractivity contribution is 7.88. The Labute approximate surface area is 182 Å². The molecule has 4 N–H and O–H groups in total. The quantitative estimate of drug-likeness (QED) is 0.524. The molecule has 0 aromatic carbocycles. The minimum Gasteiger partial charge on any atom is -0.483 e. The van der Waals surface area contributed by atoms with Gasteiger partial charge in [0.15, 0.2) is 5.82 Å². The Balaban J connectivity index is 0.000000858. The number of piperidine rings is 3. The Hall–Kier alpha value is -2.49. The van der Waals surface area contributed by atoms with Gasteiger partial charge in [-0.3, -0.25) is 9.69 Å². The van der Waals surface area contributed by atoms with E-state index in [0.717, 1.165) is 38.9 Å². The van der Waals surface area contributed by atoms with Crippen molar-refractivity contribution in [3.8, 4) is 6.07 Å². The second-order valence-electron chi connectivity index (χ2n) is 8.32. The minimum atomic E-state index is -3.24. The number of aromatic nitrogens is 2. The van der Waals surface area contributed by atoms with Crippen molar-refractivity contribution in [2.24, 2.45) is 11.8 Å². The Kier molecular flexibility index (Phi) is 7.30. The molecule has 12 heteroatoms. The molecular weight excluding hydrogens is 422 g/mol. The van der Waals surface area contributed by atoms with Crippen LogP contribution < -0.4 is 15.4 Å². The summed E-state index contributed by atoms with van der Waals surface area (Å²) in [5.74, 6) is 1.60. The van der Waals surface area contributed by atoms with Gasteiger partial charge in [0.2, 0.25) is 10.0 Å². The molecule has 0 aliphatic carbocycles. The lowest BCUT2D eigenvalue weighted by Crippen LogP contribution is -2.65.